The Morgan fingerprint density at radius 1 is 1.34 bits per heavy atom. The Bertz CT molecular complexity index is 1100. The summed E-state index contributed by atoms with van der Waals surface area (Å²) in [6, 6.07) is 9.46. The van der Waals surface area contributed by atoms with Crippen molar-refractivity contribution in [2.24, 2.45) is 5.92 Å². The van der Waals surface area contributed by atoms with Crippen LogP contribution in [0, 0.1) is 11.7 Å². The van der Waals surface area contributed by atoms with Gasteiger partial charge in [-0.15, -0.1) is 0 Å². The molecule has 1 N–H and O–H groups in total. The van der Waals surface area contributed by atoms with E-state index < -0.39 is 28.0 Å². The molecular formula is C22H26BrFN2O5S. The number of rotatable bonds is 5. The lowest BCUT2D eigenvalue weighted by Gasteiger charge is -2.37. The summed E-state index contributed by atoms with van der Waals surface area (Å²) in [7, 11) is -2.32. The average molecular weight is 529 g/mol. The predicted molar refractivity (Wildman–Crippen MR) is 122 cm³/mol. The van der Waals surface area contributed by atoms with Gasteiger partial charge >= 0.3 is 0 Å². The fourth-order valence-electron chi connectivity index (χ4n) is 3.61. The molecule has 10 heteroatoms. The van der Waals surface area contributed by atoms with Gasteiger partial charge in [0.2, 0.25) is 10.0 Å². The van der Waals surface area contributed by atoms with Crippen molar-refractivity contribution in [3.8, 4) is 5.75 Å². The number of carbonyl (C=O) groups excluding carboxylic acids is 1. The lowest BCUT2D eigenvalue weighted by Crippen LogP contribution is -2.50. The van der Waals surface area contributed by atoms with Gasteiger partial charge in [0.1, 0.15) is 22.6 Å². The molecule has 1 aliphatic rings. The molecule has 7 nitrogen and oxygen atoms in total. The minimum atomic E-state index is -3.91. The number of hydrogen-bond donors (Lipinski definition) is 1. The highest BCUT2D eigenvalue weighted by atomic mass is 79.9. The molecule has 0 saturated carbocycles. The first-order valence-electron chi connectivity index (χ1n) is 10.1. The number of aliphatic hydroxyl groups excluding tert-OH is 1. The summed E-state index contributed by atoms with van der Waals surface area (Å²) < 4.78 is 48.2. The molecule has 2 aromatic rings. The second-order valence-electron chi connectivity index (χ2n) is 8.03. The third kappa shape index (κ3) is 5.14. The number of halogens is 2. The Balaban J connectivity index is 1.96. The lowest BCUT2D eigenvalue weighted by atomic mass is 10.0. The predicted octanol–water partition coefficient (Wildman–Crippen LogP) is 3.13. The minimum Gasteiger partial charge on any atom is -0.487 e. The number of aliphatic hydroxyl groups is 1. The first kappa shape index (κ1) is 24.6. The maximum absolute atomic E-state index is 13.6. The Kier molecular flexibility index (Phi) is 7.59. The van der Waals surface area contributed by atoms with Crippen molar-refractivity contribution in [2.45, 2.75) is 30.9 Å². The summed E-state index contributed by atoms with van der Waals surface area (Å²) in [6.07, 6.45) is -0.547. The summed E-state index contributed by atoms with van der Waals surface area (Å²) in [5.74, 6) is -1.02. The lowest BCUT2D eigenvalue weighted by molar-refractivity contribution is 0.0563. The van der Waals surface area contributed by atoms with Gasteiger partial charge < -0.3 is 14.7 Å². The maximum atomic E-state index is 13.6. The highest BCUT2D eigenvalue weighted by Gasteiger charge is 2.38. The molecule has 0 aliphatic carbocycles. The molecule has 1 heterocycles. The van der Waals surface area contributed by atoms with E-state index in [-0.39, 0.29) is 47.7 Å². The smallest absolute Gasteiger partial charge is 0.253 e. The van der Waals surface area contributed by atoms with Crippen molar-refractivity contribution >= 4 is 31.9 Å². The maximum Gasteiger partial charge on any atom is 0.253 e. The van der Waals surface area contributed by atoms with Gasteiger partial charge in [-0.1, -0.05) is 28.9 Å². The number of likely N-dealkylation sites (N-methyl/N-ethyl adjacent to an activating group) is 1. The largest absolute Gasteiger partial charge is 0.487 e. The third-order valence-corrected chi connectivity index (χ3v) is 8.01. The molecular weight excluding hydrogens is 503 g/mol. The molecule has 0 radical (unpaired) electrons. The third-order valence-electron chi connectivity index (χ3n) is 5.50. The van der Waals surface area contributed by atoms with Crippen LogP contribution in [-0.2, 0) is 10.0 Å². The van der Waals surface area contributed by atoms with Crippen LogP contribution < -0.4 is 4.74 Å². The second-order valence-corrected chi connectivity index (χ2v) is 10.8. The molecule has 0 fully saturated rings. The number of benzene rings is 2. The Labute approximate surface area is 196 Å². The zero-order valence-corrected chi connectivity index (χ0v) is 20.4. The van der Waals surface area contributed by atoms with Crippen LogP contribution >= 0.6 is 15.9 Å². The molecule has 0 spiro atoms. The van der Waals surface area contributed by atoms with Gasteiger partial charge in [0.15, 0.2) is 0 Å². The molecule has 1 aliphatic heterocycles. The molecule has 3 atom stereocenters. The number of amides is 1. The van der Waals surface area contributed by atoms with Crippen molar-refractivity contribution in [3.05, 3.63) is 58.3 Å². The number of carbonyl (C=O) groups is 1. The Hall–Kier alpha value is -2.01. The van der Waals surface area contributed by atoms with Crippen molar-refractivity contribution in [2.75, 3.05) is 26.7 Å². The zero-order chi connectivity index (χ0) is 23.6. The van der Waals surface area contributed by atoms with E-state index in [0.717, 1.165) is 0 Å². The number of fused-ring (bicyclic) bond motifs is 1. The van der Waals surface area contributed by atoms with Gasteiger partial charge in [-0.25, -0.2) is 12.8 Å². The monoisotopic (exact) mass is 528 g/mol. The SMILES string of the molecule is C[C@H]1CN([C@@H](C)CO)S(=O)(=O)c2ccc(Br)cc2O[C@H]1CN(C)C(=O)c1cccc(F)c1. The Morgan fingerprint density at radius 2 is 2.06 bits per heavy atom. The summed E-state index contributed by atoms with van der Waals surface area (Å²) in [6.45, 7) is 3.40. The normalized spacial score (nSPS) is 21.6. The quantitative estimate of drug-likeness (QED) is 0.644. The van der Waals surface area contributed by atoms with Crippen LogP contribution in [0.1, 0.15) is 24.2 Å². The van der Waals surface area contributed by atoms with Crippen LogP contribution in [0.25, 0.3) is 0 Å². The molecule has 0 unspecified atom stereocenters. The van der Waals surface area contributed by atoms with Crippen LogP contribution in [-0.4, -0.2) is 67.5 Å². The number of hydrogen-bond acceptors (Lipinski definition) is 5. The van der Waals surface area contributed by atoms with Crippen molar-refractivity contribution in [1.82, 2.24) is 9.21 Å². The van der Waals surface area contributed by atoms with Crippen molar-refractivity contribution in [1.29, 1.82) is 0 Å². The van der Waals surface area contributed by atoms with Gasteiger partial charge in [-0.3, -0.25) is 4.79 Å². The molecule has 2 aromatic carbocycles. The van der Waals surface area contributed by atoms with Crippen molar-refractivity contribution < 1.29 is 27.4 Å². The van der Waals surface area contributed by atoms with E-state index in [1.165, 1.54) is 39.5 Å². The second kappa shape index (κ2) is 9.86. The van der Waals surface area contributed by atoms with Crippen LogP contribution in [0.3, 0.4) is 0 Å². The van der Waals surface area contributed by atoms with Crippen LogP contribution in [0.15, 0.2) is 51.8 Å². The molecule has 1 amide bonds. The van der Waals surface area contributed by atoms with E-state index in [1.54, 1.807) is 26.1 Å². The van der Waals surface area contributed by atoms with Crippen LogP contribution in [0.5, 0.6) is 5.75 Å². The highest BCUT2D eigenvalue weighted by molar-refractivity contribution is 9.10. The highest BCUT2D eigenvalue weighted by Crippen LogP contribution is 2.35. The fourth-order valence-corrected chi connectivity index (χ4v) is 5.78. The Morgan fingerprint density at radius 3 is 2.72 bits per heavy atom. The van der Waals surface area contributed by atoms with E-state index in [9.17, 15) is 22.7 Å². The number of nitrogens with zero attached hydrogens (tertiary/aromatic N) is 2. The summed E-state index contributed by atoms with van der Waals surface area (Å²) in [5, 5.41) is 9.66. The average Bonchev–Trinajstić information content (AvgIpc) is 2.74. The van der Waals surface area contributed by atoms with Gasteiger partial charge in [0.25, 0.3) is 5.91 Å². The van der Waals surface area contributed by atoms with E-state index >= 15 is 0 Å². The van der Waals surface area contributed by atoms with E-state index in [4.69, 9.17) is 4.74 Å². The standard InChI is InChI=1S/C22H26BrFN2O5S/c1-14-11-26(15(2)13-27)32(29,30)21-8-7-17(23)10-19(21)31-20(14)12-25(3)22(28)16-5-4-6-18(24)9-16/h4-10,14-15,20,27H,11-13H2,1-3H3/t14-,15-,20-/m0/s1. The summed E-state index contributed by atoms with van der Waals surface area (Å²) in [5.41, 5.74) is 0.215. The molecule has 32 heavy (non-hydrogen) atoms. The van der Waals surface area contributed by atoms with Gasteiger partial charge in [0, 0.05) is 35.6 Å². The topological polar surface area (TPSA) is 87.2 Å². The van der Waals surface area contributed by atoms with Gasteiger partial charge in [0.05, 0.1) is 13.2 Å². The van der Waals surface area contributed by atoms with E-state index in [1.807, 2.05) is 6.92 Å². The zero-order valence-electron chi connectivity index (χ0n) is 18.0. The number of sulfonamides is 1. The van der Waals surface area contributed by atoms with E-state index in [2.05, 4.69) is 15.9 Å². The molecule has 0 bridgehead atoms. The summed E-state index contributed by atoms with van der Waals surface area (Å²) in [4.78, 5) is 14.2. The molecule has 0 saturated heterocycles. The summed E-state index contributed by atoms with van der Waals surface area (Å²) >= 11 is 3.35. The van der Waals surface area contributed by atoms with Gasteiger partial charge in [-0.2, -0.15) is 4.31 Å². The minimum absolute atomic E-state index is 0.00277. The van der Waals surface area contributed by atoms with Crippen LogP contribution in [0.4, 0.5) is 4.39 Å². The van der Waals surface area contributed by atoms with E-state index in [0.29, 0.717) is 4.47 Å². The first-order valence-corrected chi connectivity index (χ1v) is 12.4. The molecule has 3 rings (SSSR count). The molecule has 0 aromatic heterocycles. The first-order chi connectivity index (χ1) is 15.0. The van der Waals surface area contributed by atoms with Gasteiger partial charge in [-0.05, 0) is 43.3 Å². The fraction of sp³-hybridized carbons (Fsp3) is 0.409. The van der Waals surface area contributed by atoms with Crippen LogP contribution in [0.2, 0.25) is 0 Å². The number of ether oxygens (including phenoxy) is 1. The molecule has 174 valence electrons. The van der Waals surface area contributed by atoms with Crippen molar-refractivity contribution in [3.63, 3.8) is 0 Å².